The number of furan rings is 1. The molecule has 5 rings (SSSR count). The van der Waals surface area contributed by atoms with Gasteiger partial charge in [-0.1, -0.05) is 27.7 Å². The van der Waals surface area contributed by atoms with Crippen LogP contribution in [0.4, 0.5) is 5.69 Å². The Hall–Kier alpha value is -2.36. The maximum Gasteiger partial charge on any atom is 0.263 e. The predicted molar refractivity (Wildman–Crippen MR) is 132 cm³/mol. The molecule has 164 valence electrons. The molecule has 0 radical (unpaired) electrons. The number of nitrogens with zero attached hydrogens (tertiary/aromatic N) is 2. The molecular weight excluding hydrogens is 510 g/mol. The van der Waals surface area contributed by atoms with Crippen molar-refractivity contribution in [3.63, 3.8) is 0 Å². The van der Waals surface area contributed by atoms with Crippen molar-refractivity contribution in [3.05, 3.63) is 73.7 Å². The van der Waals surface area contributed by atoms with E-state index >= 15 is 0 Å². The molecule has 0 bridgehead atoms. The molecule has 4 aromatic rings. The summed E-state index contributed by atoms with van der Waals surface area (Å²) in [7, 11) is 0. The van der Waals surface area contributed by atoms with E-state index in [1.165, 1.54) is 16.6 Å². The van der Waals surface area contributed by atoms with Crippen LogP contribution in [0.1, 0.15) is 29.0 Å². The van der Waals surface area contributed by atoms with Crippen LogP contribution in [0.5, 0.6) is 0 Å². The van der Waals surface area contributed by atoms with E-state index in [2.05, 4.69) is 21.2 Å². The summed E-state index contributed by atoms with van der Waals surface area (Å²) in [5.74, 6) is 0.678. The number of aromatic nitrogens is 2. The molecule has 1 N–H and O–H groups in total. The molecule has 0 spiro atoms. The van der Waals surface area contributed by atoms with E-state index < -0.39 is 0 Å². The number of carbonyl (C=O) groups is 1. The van der Waals surface area contributed by atoms with Gasteiger partial charge < -0.3 is 9.73 Å². The first-order chi connectivity index (χ1) is 15.6. The lowest BCUT2D eigenvalue weighted by Gasteiger charge is -2.13. The zero-order chi connectivity index (χ0) is 22.1. The lowest BCUT2D eigenvalue weighted by molar-refractivity contribution is -0.113. The lowest BCUT2D eigenvalue weighted by Crippen LogP contribution is -2.25. The van der Waals surface area contributed by atoms with Crippen molar-refractivity contribution in [2.24, 2.45) is 0 Å². The number of nitrogens with one attached hydrogen (secondary N) is 1. The smallest absolute Gasteiger partial charge is 0.263 e. The number of rotatable bonds is 6. The quantitative estimate of drug-likeness (QED) is 0.264. The Morgan fingerprint density at radius 3 is 2.81 bits per heavy atom. The van der Waals surface area contributed by atoms with Crippen molar-refractivity contribution in [2.75, 3.05) is 11.1 Å². The summed E-state index contributed by atoms with van der Waals surface area (Å²) < 4.78 is 8.08. The van der Waals surface area contributed by atoms with Crippen LogP contribution in [-0.2, 0) is 24.2 Å². The van der Waals surface area contributed by atoms with Crippen LogP contribution < -0.4 is 10.9 Å². The number of aryl methyl sites for hydroxylation is 2. The molecule has 0 saturated heterocycles. The van der Waals surface area contributed by atoms with Gasteiger partial charge in [0.15, 0.2) is 5.16 Å². The Bertz CT molecular complexity index is 1330. The topological polar surface area (TPSA) is 77.1 Å². The molecule has 3 heterocycles. The van der Waals surface area contributed by atoms with Gasteiger partial charge in [0.05, 0.1) is 23.9 Å². The van der Waals surface area contributed by atoms with Gasteiger partial charge in [-0.25, -0.2) is 4.98 Å². The van der Waals surface area contributed by atoms with Crippen LogP contribution in [0, 0.1) is 0 Å². The van der Waals surface area contributed by atoms with E-state index in [0.717, 1.165) is 51.6 Å². The van der Waals surface area contributed by atoms with E-state index in [1.54, 1.807) is 28.2 Å². The summed E-state index contributed by atoms with van der Waals surface area (Å²) in [5, 5.41) is 4.15. The Morgan fingerprint density at radius 2 is 2.03 bits per heavy atom. The number of halogens is 1. The first-order valence-corrected chi connectivity index (χ1v) is 12.9. The summed E-state index contributed by atoms with van der Waals surface area (Å²) in [6.45, 7) is 0.288. The molecule has 9 heteroatoms. The molecule has 1 aliphatic rings. The third-order valence-electron chi connectivity index (χ3n) is 5.39. The van der Waals surface area contributed by atoms with Gasteiger partial charge in [0.1, 0.15) is 10.6 Å². The van der Waals surface area contributed by atoms with E-state index in [0.29, 0.717) is 10.9 Å². The normalized spacial score (nSPS) is 13.3. The molecular formula is C23H20BrN3O3S2. The molecule has 0 saturated carbocycles. The second kappa shape index (κ2) is 9.25. The maximum atomic E-state index is 13.5. The van der Waals surface area contributed by atoms with Crippen LogP contribution in [0.15, 0.2) is 61.5 Å². The molecule has 0 fully saturated rings. The van der Waals surface area contributed by atoms with Crippen LogP contribution in [0.3, 0.4) is 0 Å². The first kappa shape index (κ1) is 21.5. The van der Waals surface area contributed by atoms with Crippen molar-refractivity contribution in [3.8, 4) is 0 Å². The number of hydrogen-bond acceptors (Lipinski definition) is 6. The van der Waals surface area contributed by atoms with Gasteiger partial charge in [0.2, 0.25) is 5.91 Å². The highest BCUT2D eigenvalue weighted by atomic mass is 79.9. The second-order valence-electron chi connectivity index (χ2n) is 7.60. The van der Waals surface area contributed by atoms with Crippen molar-refractivity contribution >= 4 is 60.8 Å². The third kappa shape index (κ3) is 4.42. The summed E-state index contributed by atoms with van der Waals surface area (Å²) in [4.78, 5) is 33.0. The van der Waals surface area contributed by atoms with E-state index in [9.17, 15) is 9.59 Å². The number of thiophene rings is 1. The fourth-order valence-corrected chi connectivity index (χ4v) is 6.25. The minimum absolute atomic E-state index is 0.0541. The number of thioether (sulfide) groups is 1. The van der Waals surface area contributed by atoms with E-state index in [4.69, 9.17) is 9.40 Å². The fraction of sp³-hybridized carbons (Fsp3) is 0.261. The minimum Gasteiger partial charge on any atom is -0.467 e. The summed E-state index contributed by atoms with van der Waals surface area (Å²) in [5.41, 5.74) is 1.83. The zero-order valence-corrected chi connectivity index (χ0v) is 20.3. The summed E-state index contributed by atoms with van der Waals surface area (Å²) >= 11 is 6.28. The third-order valence-corrected chi connectivity index (χ3v) is 8.08. The Morgan fingerprint density at radius 1 is 1.22 bits per heavy atom. The van der Waals surface area contributed by atoms with Gasteiger partial charge in [0, 0.05) is 15.0 Å². The number of fused-ring (bicyclic) bond motifs is 3. The Labute approximate surface area is 201 Å². The molecule has 1 aliphatic carbocycles. The average Bonchev–Trinajstić information content (AvgIpc) is 3.43. The predicted octanol–water partition coefficient (Wildman–Crippen LogP) is 5.47. The van der Waals surface area contributed by atoms with Gasteiger partial charge >= 0.3 is 0 Å². The average molecular weight is 530 g/mol. The summed E-state index contributed by atoms with van der Waals surface area (Å²) in [6.07, 6.45) is 5.78. The van der Waals surface area contributed by atoms with Crippen molar-refractivity contribution in [1.29, 1.82) is 0 Å². The lowest BCUT2D eigenvalue weighted by atomic mass is 9.97. The number of anilines is 1. The number of hydrogen-bond donors (Lipinski definition) is 1. The van der Waals surface area contributed by atoms with Gasteiger partial charge in [-0.05, 0) is 67.6 Å². The molecule has 6 nitrogen and oxygen atoms in total. The standard InChI is InChI=1S/C23H20BrN3O3S2/c24-14-7-9-15(10-8-14)25-19(28)13-31-23-26-21-20(17-5-1-2-6-18(17)32-21)22(29)27(23)12-16-4-3-11-30-16/h3-4,7-11H,1-2,5-6,12-13H2,(H,25,28). The van der Waals surface area contributed by atoms with Crippen LogP contribution >= 0.6 is 39.0 Å². The van der Waals surface area contributed by atoms with E-state index in [1.807, 2.05) is 30.3 Å². The van der Waals surface area contributed by atoms with Crippen LogP contribution in [0.2, 0.25) is 0 Å². The van der Waals surface area contributed by atoms with Crippen molar-refractivity contribution < 1.29 is 9.21 Å². The molecule has 1 amide bonds. The largest absolute Gasteiger partial charge is 0.467 e. The highest BCUT2D eigenvalue weighted by Crippen LogP contribution is 2.34. The zero-order valence-electron chi connectivity index (χ0n) is 17.1. The number of carbonyl (C=O) groups excluding carboxylic acids is 1. The molecule has 0 aliphatic heterocycles. The van der Waals surface area contributed by atoms with Gasteiger partial charge in [-0.15, -0.1) is 11.3 Å². The molecule has 1 aromatic carbocycles. The van der Waals surface area contributed by atoms with Crippen LogP contribution in [-0.4, -0.2) is 21.2 Å². The Balaban J connectivity index is 1.45. The monoisotopic (exact) mass is 529 g/mol. The van der Waals surface area contributed by atoms with Gasteiger partial charge in [-0.2, -0.15) is 0 Å². The molecule has 3 aromatic heterocycles. The maximum absolute atomic E-state index is 13.5. The molecule has 32 heavy (non-hydrogen) atoms. The van der Waals surface area contributed by atoms with Gasteiger partial charge in [0.25, 0.3) is 5.56 Å². The SMILES string of the molecule is O=C(CSc1nc2sc3c(c2c(=O)n1Cc1ccco1)CCCC3)Nc1ccc(Br)cc1. The highest BCUT2D eigenvalue weighted by Gasteiger charge is 2.23. The van der Waals surface area contributed by atoms with Crippen LogP contribution in [0.25, 0.3) is 10.2 Å². The number of amides is 1. The first-order valence-electron chi connectivity index (χ1n) is 10.3. The van der Waals surface area contributed by atoms with Gasteiger partial charge in [-0.3, -0.25) is 14.2 Å². The van der Waals surface area contributed by atoms with Crippen molar-refractivity contribution in [2.45, 2.75) is 37.4 Å². The second-order valence-corrected chi connectivity index (χ2v) is 10.5. The number of benzene rings is 1. The fourth-order valence-electron chi connectivity index (χ4n) is 3.89. The van der Waals surface area contributed by atoms with Crippen molar-refractivity contribution in [1.82, 2.24) is 9.55 Å². The highest BCUT2D eigenvalue weighted by molar-refractivity contribution is 9.10. The Kier molecular flexibility index (Phi) is 6.21. The summed E-state index contributed by atoms with van der Waals surface area (Å²) in [6, 6.07) is 11.1. The molecule has 0 unspecified atom stereocenters. The minimum atomic E-state index is -0.151. The molecule has 0 atom stereocenters. The van der Waals surface area contributed by atoms with E-state index in [-0.39, 0.29) is 23.8 Å².